The third-order valence-electron chi connectivity index (χ3n) is 4.95. The van der Waals surface area contributed by atoms with Crippen molar-refractivity contribution in [3.8, 4) is 0 Å². The molecule has 0 spiro atoms. The highest BCUT2D eigenvalue weighted by Crippen LogP contribution is 2.27. The van der Waals surface area contributed by atoms with Gasteiger partial charge in [-0.2, -0.15) is 0 Å². The smallest absolute Gasteiger partial charge is 0.236 e. The molecule has 2 aliphatic heterocycles. The van der Waals surface area contributed by atoms with Crippen LogP contribution in [0.3, 0.4) is 0 Å². The van der Waals surface area contributed by atoms with Crippen molar-refractivity contribution >= 4 is 11.8 Å². The molecular formula is C16H28N4O2. The number of carbonyl (C=O) groups is 2. The van der Waals surface area contributed by atoms with E-state index in [1.54, 1.807) is 0 Å². The van der Waals surface area contributed by atoms with Crippen molar-refractivity contribution in [1.29, 1.82) is 0 Å². The zero-order valence-electron chi connectivity index (χ0n) is 13.4. The number of carbonyl (C=O) groups excluding carboxylic acids is 2. The Bertz CT molecular complexity index is 397. The van der Waals surface area contributed by atoms with E-state index in [-0.39, 0.29) is 11.8 Å². The van der Waals surface area contributed by atoms with Crippen LogP contribution in [0.25, 0.3) is 0 Å². The van der Waals surface area contributed by atoms with Crippen LogP contribution in [0, 0.1) is 5.92 Å². The summed E-state index contributed by atoms with van der Waals surface area (Å²) in [4.78, 5) is 30.4. The number of nitrogens with zero attached hydrogens (tertiary/aromatic N) is 3. The zero-order valence-corrected chi connectivity index (χ0v) is 13.4. The second kappa shape index (κ2) is 7.42. The molecule has 3 fully saturated rings. The number of likely N-dealkylation sites (tertiary alicyclic amines) is 1. The van der Waals surface area contributed by atoms with Gasteiger partial charge in [-0.05, 0) is 51.2 Å². The maximum absolute atomic E-state index is 12.3. The lowest BCUT2D eigenvalue weighted by atomic mass is 10.3. The molecule has 0 radical (unpaired) electrons. The van der Waals surface area contributed by atoms with Crippen molar-refractivity contribution in [2.45, 2.75) is 25.7 Å². The Morgan fingerprint density at radius 1 is 0.864 bits per heavy atom. The summed E-state index contributed by atoms with van der Waals surface area (Å²) in [6.07, 6.45) is 5.03. The van der Waals surface area contributed by atoms with Crippen LogP contribution < -0.4 is 5.32 Å². The summed E-state index contributed by atoms with van der Waals surface area (Å²) in [5.41, 5.74) is 0. The largest absolute Gasteiger partial charge is 0.338 e. The fraction of sp³-hybridized carbons (Fsp3) is 0.875. The van der Waals surface area contributed by atoms with Crippen molar-refractivity contribution in [2.24, 2.45) is 5.92 Å². The van der Waals surface area contributed by atoms with Crippen molar-refractivity contribution in [3.63, 3.8) is 0 Å². The Morgan fingerprint density at radius 2 is 1.45 bits per heavy atom. The first-order valence-corrected chi connectivity index (χ1v) is 8.71. The number of hydrogen-bond donors (Lipinski definition) is 1. The van der Waals surface area contributed by atoms with Gasteiger partial charge < -0.3 is 15.1 Å². The summed E-state index contributed by atoms with van der Waals surface area (Å²) >= 11 is 0. The van der Waals surface area contributed by atoms with Gasteiger partial charge in [-0.3, -0.25) is 14.5 Å². The normalized spacial score (nSPS) is 23.1. The molecule has 3 aliphatic rings. The minimum atomic E-state index is 0.173. The van der Waals surface area contributed by atoms with Crippen LogP contribution in [0.1, 0.15) is 25.7 Å². The van der Waals surface area contributed by atoms with E-state index in [0.29, 0.717) is 39.3 Å². The number of piperazine rings is 1. The van der Waals surface area contributed by atoms with Gasteiger partial charge in [0.1, 0.15) is 0 Å². The van der Waals surface area contributed by atoms with Gasteiger partial charge in [-0.15, -0.1) is 0 Å². The second-order valence-electron chi connectivity index (χ2n) is 6.82. The average Bonchev–Trinajstić information content (AvgIpc) is 3.22. The Morgan fingerprint density at radius 3 is 2.05 bits per heavy atom. The second-order valence-corrected chi connectivity index (χ2v) is 6.82. The summed E-state index contributed by atoms with van der Waals surface area (Å²) in [6.45, 7) is 6.79. The molecule has 6 heteroatoms. The minimum absolute atomic E-state index is 0.173. The van der Waals surface area contributed by atoms with Crippen molar-refractivity contribution in [3.05, 3.63) is 0 Å². The summed E-state index contributed by atoms with van der Waals surface area (Å²) < 4.78 is 0. The predicted molar refractivity (Wildman–Crippen MR) is 84.4 cm³/mol. The van der Waals surface area contributed by atoms with Gasteiger partial charge in [-0.1, -0.05) is 0 Å². The molecule has 2 amide bonds. The molecule has 1 saturated carbocycles. The van der Waals surface area contributed by atoms with E-state index < -0.39 is 0 Å². The number of rotatable bonds is 6. The topological polar surface area (TPSA) is 55.9 Å². The molecule has 0 atom stereocenters. The van der Waals surface area contributed by atoms with Gasteiger partial charge in [0, 0.05) is 26.2 Å². The van der Waals surface area contributed by atoms with E-state index >= 15 is 0 Å². The van der Waals surface area contributed by atoms with Crippen LogP contribution in [0.2, 0.25) is 0 Å². The van der Waals surface area contributed by atoms with Crippen molar-refractivity contribution < 1.29 is 9.59 Å². The monoisotopic (exact) mass is 308 g/mol. The van der Waals surface area contributed by atoms with E-state index in [0.717, 1.165) is 25.6 Å². The van der Waals surface area contributed by atoms with Crippen LogP contribution in [0.4, 0.5) is 0 Å². The van der Waals surface area contributed by atoms with E-state index in [1.807, 2.05) is 9.80 Å². The first-order valence-electron chi connectivity index (χ1n) is 8.71. The van der Waals surface area contributed by atoms with Crippen LogP contribution in [-0.2, 0) is 9.59 Å². The fourth-order valence-electron chi connectivity index (χ4n) is 3.25. The first kappa shape index (κ1) is 15.7. The Hall–Kier alpha value is -1.14. The molecule has 0 bridgehead atoms. The maximum atomic E-state index is 12.3. The van der Waals surface area contributed by atoms with E-state index in [2.05, 4.69) is 10.2 Å². The van der Waals surface area contributed by atoms with Crippen LogP contribution in [0.5, 0.6) is 0 Å². The summed E-state index contributed by atoms with van der Waals surface area (Å²) in [7, 11) is 0. The van der Waals surface area contributed by atoms with E-state index in [1.165, 1.54) is 25.7 Å². The Kier molecular flexibility index (Phi) is 5.31. The first-order chi connectivity index (χ1) is 10.7. The molecular weight excluding hydrogens is 280 g/mol. The summed E-state index contributed by atoms with van der Waals surface area (Å²) in [5, 5.41) is 3.25. The SMILES string of the molecule is O=C(CNCC1CC1)N1CCN(C(=O)CN2CCCC2)CC1. The summed E-state index contributed by atoms with van der Waals surface area (Å²) in [6, 6.07) is 0. The molecule has 0 unspecified atom stereocenters. The van der Waals surface area contributed by atoms with Gasteiger partial charge >= 0.3 is 0 Å². The molecule has 1 aliphatic carbocycles. The maximum Gasteiger partial charge on any atom is 0.236 e. The highest BCUT2D eigenvalue weighted by atomic mass is 16.2. The van der Waals surface area contributed by atoms with Gasteiger partial charge in [0.2, 0.25) is 11.8 Å². The standard InChI is InChI=1S/C16H28N4O2/c21-15(12-17-11-14-3-4-14)19-7-9-20(10-8-19)16(22)13-18-5-1-2-6-18/h14,17H,1-13H2. The molecule has 6 nitrogen and oxygen atoms in total. The van der Waals surface area contributed by atoms with Gasteiger partial charge in [-0.25, -0.2) is 0 Å². The van der Waals surface area contributed by atoms with Crippen molar-refractivity contribution in [2.75, 3.05) is 58.9 Å². The minimum Gasteiger partial charge on any atom is -0.338 e. The molecule has 2 heterocycles. The van der Waals surface area contributed by atoms with E-state index in [4.69, 9.17) is 0 Å². The van der Waals surface area contributed by atoms with Gasteiger partial charge in [0.25, 0.3) is 0 Å². The number of hydrogen-bond acceptors (Lipinski definition) is 4. The zero-order chi connectivity index (χ0) is 15.4. The third-order valence-corrected chi connectivity index (χ3v) is 4.95. The van der Waals surface area contributed by atoms with Crippen LogP contribution >= 0.6 is 0 Å². The fourth-order valence-corrected chi connectivity index (χ4v) is 3.25. The Labute approximate surface area is 132 Å². The summed E-state index contributed by atoms with van der Waals surface area (Å²) in [5.74, 6) is 1.20. The molecule has 0 aromatic heterocycles. The third kappa shape index (κ3) is 4.43. The lowest BCUT2D eigenvalue weighted by Gasteiger charge is -2.35. The molecule has 124 valence electrons. The van der Waals surface area contributed by atoms with Crippen LogP contribution in [0.15, 0.2) is 0 Å². The van der Waals surface area contributed by atoms with Gasteiger partial charge in [0.05, 0.1) is 13.1 Å². The van der Waals surface area contributed by atoms with Crippen molar-refractivity contribution in [1.82, 2.24) is 20.0 Å². The molecule has 0 aromatic rings. The number of amides is 2. The molecule has 3 rings (SSSR count). The Balaban J connectivity index is 1.33. The van der Waals surface area contributed by atoms with Gasteiger partial charge in [0.15, 0.2) is 0 Å². The van der Waals surface area contributed by atoms with Crippen LogP contribution in [-0.4, -0.2) is 85.4 Å². The van der Waals surface area contributed by atoms with E-state index in [9.17, 15) is 9.59 Å². The average molecular weight is 308 g/mol. The lowest BCUT2D eigenvalue weighted by Crippen LogP contribution is -2.53. The lowest BCUT2D eigenvalue weighted by molar-refractivity contribution is -0.139. The highest BCUT2D eigenvalue weighted by Gasteiger charge is 2.26. The molecule has 0 aromatic carbocycles. The quantitative estimate of drug-likeness (QED) is 0.735. The molecule has 1 N–H and O–H groups in total. The molecule has 2 saturated heterocycles. The molecule has 22 heavy (non-hydrogen) atoms. The highest BCUT2D eigenvalue weighted by molar-refractivity contribution is 5.80. The predicted octanol–water partition coefficient (Wildman–Crippen LogP) is -0.247. The number of nitrogens with one attached hydrogen (secondary N) is 1.